The molecule has 0 radical (unpaired) electrons. The molecule has 1 amide bonds. The Labute approximate surface area is 162 Å². The molecule has 0 unspecified atom stereocenters. The molecule has 146 valence electrons. The molecule has 0 spiro atoms. The van der Waals surface area contributed by atoms with Crippen LogP contribution in [0.15, 0.2) is 29.1 Å². The van der Waals surface area contributed by atoms with Gasteiger partial charge >= 0.3 is 5.97 Å². The van der Waals surface area contributed by atoms with Gasteiger partial charge in [-0.15, -0.1) is 0 Å². The number of rotatable bonds is 10. The van der Waals surface area contributed by atoms with Gasteiger partial charge < -0.3 is 15.0 Å². The van der Waals surface area contributed by atoms with Crippen molar-refractivity contribution >= 4 is 35.0 Å². The molecule has 0 fully saturated rings. The predicted molar refractivity (Wildman–Crippen MR) is 106 cm³/mol. The molecule has 2 rings (SSSR count). The van der Waals surface area contributed by atoms with Gasteiger partial charge in [0.25, 0.3) is 5.56 Å². The Morgan fingerprint density at radius 3 is 2.67 bits per heavy atom. The van der Waals surface area contributed by atoms with Gasteiger partial charge in [-0.05, 0) is 37.2 Å². The third kappa shape index (κ3) is 6.32. The highest BCUT2D eigenvalue weighted by Crippen LogP contribution is 2.06. The number of aromatic amines is 1. The second-order valence-corrected chi connectivity index (χ2v) is 6.66. The van der Waals surface area contributed by atoms with E-state index in [4.69, 9.17) is 12.2 Å². The van der Waals surface area contributed by atoms with Crippen LogP contribution in [0, 0.1) is 4.77 Å². The largest absolute Gasteiger partial charge is 0.469 e. The van der Waals surface area contributed by atoms with E-state index in [2.05, 4.69) is 15.0 Å². The van der Waals surface area contributed by atoms with E-state index in [9.17, 15) is 14.4 Å². The first-order chi connectivity index (χ1) is 13.0. The van der Waals surface area contributed by atoms with Gasteiger partial charge in [0.1, 0.15) is 0 Å². The van der Waals surface area contributed by atoms with Crippen molar-refractivity contribution in [3.05, 3.63) is 39.4 Å². The summed E-state index contributed by atoms with van der Waals surface area (Å²) in [7, 11) is 1.39. The zero-order chi connectivity index (χ0) is 19.6. The monoisotopic (exact) mass is 391 g/mol. The lowest BCUT2D eigenvalue weighted by Crippen LogP contribution is -2.28. The summed E-state index contributed by atoms with van der Waals surface area (Å²) in [4.78, 5) is 38.5. The van der Waals surface area contributed by atoms with E-state index in [-0.39, 0.29) is 30.4 Å². The molecule has 0 aliphatic rings. The number of nitrogens with zero attached hydrogens (tertiary/aromatic N) is 1. The van der Waals surface area contributed by atoms with Gasteiger partial charge in [0.15, 0.2) is 4.77 Å². The molecule has 7 nitrogen and oxygen atoms in total. The smallest absolute Gasteiger partial charge is 0.305 e. The molecular formula is C19H25N3O4S. The van der Waals surface area contributed by atoms with E-state index in [1.807, 2.05) is 6.07 Å². The number of H-pyrrole nitrogens is 1. The van der Waals surface area contributed by atoms with Gasteiger partial charge in [-0.1, -0.05) is 25.0 Å². The summed E-state index contributed by atoms with van der Waals surface area (Å²) < 4.78 is 6.32. The molecule has 27 heavy (non-hydrogen) atoms. The van der Waals surface area contributed by atoms with E-state index < -0.39 is 0 Å². The number of fused-ring (bicyclic) bond motifs is 1. The number of nitrogens with one attached hydrogen (secondary N) is 2. The van der Waals surface area contributed by atoms with Crippen molar-refractivity contribution in [3.8, 4) is 0 Å². The predicted octanol–water partition coefficient (Wildman–Crippen LogP) is 2.69. The molecule has 8 heteroatoms. The summed E-state index contributed by atoms with van der Waals surface area (Å²) in [5.41, 5.74) is 0.508. The molecule has 2 N–H and O–H groups in total. The summed E-state index contributed by atoms with van der Waals surface area (Å²) >= 11 is 5.24. The summed E-state index contributed by atoms with van der Waals surface area (Å²) in [6.07, 6.45) is 4.13. The van der Waals surface area contributed by atoms with Crippen LogP contribution in [0.4, 0.5) is 0 Å². The standard InChI is InChI=1S/C19H25N3O4S/c1-26-17(24)10-4-2-3-7-12-20-16(23)11-13-22-18(25)14-8-5-6-9-15(14)21-19(22)27/h5-6,8-9H,2-4,7,10-13H2,1H3,(H,20,23)(H,21,27). The Bertz CT molecular complexity index is 904. The van der Waals surface area contributed by atoms with Gasteiger partial charge in [-0.2, -0.15) is 0 Å². The maximum absolute atomic E-state index is 12.5. The van der Waals surface area contributed by atoms with E-state index in [0.29, 0.717) is 28.6 Å². The molecule has 1 aromatic carbocycles. The third-order valence-electron chi connectivity index (χ3n) is 4.31. The van der Waals surface area contributed by atoms with Gasteiger partial charge in [0, 0.05) is 25.9 Å². The van der Waals surface area contributed by atoms with Crippen LogP contribution in [-0.4, -0.2) is 35.1 Å². The first-order valence-corrected chi connectivity index (χ1v) is 9.49. The number of methoxy groups -OCH3 is 1. The van der Waals surface area contributed by atoms with E-state index >= 15 is 0 Å². The van der Waals surface area contributed by atoms with Gasteiger partial charge in [0.05, 0.1) is 18.0 Å². The number of carbonyl (C=O) groups excluding carboxylic acids is 2. The fraction of sp³-hybridized carbons (Fsp3) is 0.474. The highest BCUT2D eigenvalue weighted by Gasteiger charge is 2.07. The number of para-hydroxylation sites is 1. The van der Waals surface area contributed by atoms with Crippen LogP contribution in [0.3, 0.4) is 0 Å². The molecule has 2 aromatic rings. The van der Waals surface area contributed by atoms with Crippen LogP contribution < -0.4 is 10.9 Å². The summed E-state index contributed by atoms with van der Waals surface area (Å²) in [6.45, 7) is 0.820. The third-order valence-corrected chi connectivity index (χ3v) is 4.63. The average molecular weight is 391 g/mol. The molecule has 0 saturated heterocycles. The SMILES string of the molecule is COC(=O)CCCCCCNC(=O)CCn1c(=S)[nH]c2ccccc2c1=O. The minimum atomic E-state index is -0.189. The Kier molecular flexibility index (Phi) is 8.19. The van der Waals surface area contributed by atoms with Crippen molar-refractivity contribution in [2.75, 3.05) is 13.7 Å². The Balaban J connectivity index is 1.73. The molecule has 0 aliphatic carbocycles. The van der Waals surface area contributed by atoms with Gasteiger partial charge in [-0.25, -0.2) is 0 Å². The number of esters is 1. The summed E-state index contributed by atoms with van der Waals surface area (Å²) in [5, 5.41) is 3.40. The number of benzene rings is 1. The van der Waals surface area contributed by atoms with Crippen molar-refractivity contribution in [1.82, 2.24) is 14.9 Å². The number of ether oxygens (including phenoxy) is 1. The number of unbranched alkanes of at least 4 members (excludes halogenated alkanes) is 3. The van der Waals surface area contributed by atoms with Crippen LogP contribution in [0.1, 0.15) is 38.5 Å². The van der Waals surface area contributed by atoms with E-state index in [1.165, 1.54) is 11.7 Å². The fourth-order valence-electron chi connectivity index (χ4n) is 2.78. The normalized spacial score (nSPS) is 10.7. The van der Waals surface area contributed by atoms with Gasteiger partial charge in [0.2, 0.25) is 5.91 Å². The molecule has 0 saturated carbocycles. The lowest BCUT2D eigenvalue weighted by atomic mass is 10.1. The lowest BCUT2D eigenvalue weighted by Gasteiger charge is -2.09. The zero-order valence-corrected chi connectivity index (χ0v) is 16.3. The van der Waals surface area contributed by atoms with Crippen LogP contribution in [0.5, 0.6) is 0 Å². The number of amides is 1. The van der Waals surface area contributed by atoms with Crippen LogP contribution in [-0.2, 0) is 20.9 Å². The Morgan fingerprint density at radius 1 is 1.15 bits per heavy atom. The minimum Gasteiger partial charge on any atom is -0.469 e. The maximum atomic E-state index is 12.5. The first-order valence-electron chi connectivity index (χ1n) is 9.08. The highest BCUT2D eigenvalue weighted by molar-refractivity contribution is 7.71. The minimum absolute atomic E-state index is 0.112. The second kappa shape index (κ2) is 10.6. The van der Waals surface area contributed by atoms with Crippen LogP contribution in [0.25, 0.3) is 10.9 Å². The van der Waals surface area contributed by atoms with Crippen LogP contribution >= 0.6 is 12.2 Å². The fourth-order valence-corrected chi connectivity index (χ4v) is 3.07. The van der Waals surface area contributed by atoms with Crippen molar-refractivity contribution in [2.45, 2.75) is 45.1 Å². The van der Waals surface area contributed by atoms with Crippen molar-refractivity contribution in [1.29, 1.82) is 0 Å². The topological polar surface area (TPSA) is 93.2 Å². The molecule has 1 aromatic heterocycles. The van der Waals surface area contributed by atoms with Gasteiger partial charge in [-0.3, -0.25) is 19.0 Å². The first kappa shape index (κ1) is 20.8. The Morgan fingerprint density at radius 2 is 1.89 bits per heavy atom. The zero-order valence-electron chi connectivity index (χ0n) is 15.5. The van der Waals surface area contributed by atoms with E-state index in [0.717, 1.165) is 25.7 Å². The maximum Gasteiger partial charge on any atom is 0.305 e. The lowest BCUT2D eigenvalue weighted by molar-refractivity contribution is -0.140. The number of hydrogen-bond acceptors (Lipinski definition) is 5. The van der Waals surface area contributed by atoms with Crippen molar-refractivity contribution in [3.63, 3.8) is 0 Å². The summed E-state index contributed by atoms with van der Waals surface area (Å²) in [6, 6.07) is 7.16. The quantitative estimate of drug-likeness (QED) is 0.369. The van der Waals surface area contributed by atoms with Crippen molar-refractivity contribution < 1.29 is 14.3 Å². The summed E-state index contributed by atoms with van der Waals surface area (Å²) in [5.74, 6) is -0.301. The van der Waals surface area contributed by atoms with E-state index in [1.54, 1.807) is 18.2 Å². The molecule has 0 atom stereocenters. The van der Waals surface area contributed by atoms with Crippen LogP contribution in [0.2, 0.25) is 0 Å². The Hall–Kier alpha value is -2.48. The molecular weight excluding hydrogens is 366 g/mol. The number of hydrogen-bond donors (Lipinski definition) is 2. The number of carbonyl (C=O) groups is 2. The average Bonchev–Trinajstić information content (AvgIpc) is 2.66. The highest BCUT2D eigenvalue weighted by atomic mass is 32.1. The molecule has 0 aliphatic heterocycles. The second-order valence-electron chi connectivity index (χ2n) is 6.27. The number of aromatic nitrogens is 2. The molecule has 0 bridgehead atoms. The molecule has 1 heterocycles. The van der Waals surface area contributed by atoms with Crippen molar-refractivity contribution in [2.24, 2.45) is 0 Å².